The predicted molar refractivity (Wildman–Crippen MR) is 96.6 cm³/mol. The Morgan fingerprint density at radius 3 is 2.79 bits per heavy atom. The molecule has 2 aromatic rings. The smallest absolute Gasteiger partial charge is 0.223 e. The van der Waals surface area contributed by atoms with Crippen LogP contribution >= 0.6 is 11.6 Å². The molecule has 0 bridgehead atoms. The third kappa shape index (κ3) is 3.87. The number of aliphatic hydroxyl groups is 1. The van der Waals surface area contributed by atoms with Crippen LogP contribution in [0.5, 0.6) is 5.75 Å². The normalized spacial score (nSPS) is 32.4. The zero-order valence-electron chi connectivity index (χ0n) is 15.0. The van der Waals surface area contributed by atoms with Crippen LogP contribution in [0.25, 0.3) is 0 Å². The molecule has 2 aliphatic heterocycles. The highest BCUT2D eigenvalue weighted by Crippen LogP contribution is 2.35. The van der Waals surface area contributed by atoms with Gasteiger partial charge >= 0.3 is 0 Å². The molecule has 2 N–H and O–H groups in total. The molecule has 1 aromatic heterocycles. The lowest BCUT2D eigenvalue weighted by Crippen LogP contribution is -2.67. The second-order valence-corrected chi connectivity index (χ2v) is 7.00. The Balaban J connectivity index is 1.55. The van der Waals surface area contributed by atoms with Gasteiger partial charge in [0.1, 0.15) is 30.1 Å². The van der Waals surface area contributed by atoms with Gasteiger partial charge in [0.05, 0.1) is 17.9 Å². The minimum Gasteiger partial charge on any atom is -0.464 e. The molecule has 1 aromatic carbocycles. The van der Waals surface area contributed by atoms with E-state index in [2.05, 4.69) is 5.32 Å². The van der Waals surface area contributed by atoms with Gasteiger partial charge in [-0.3, -0.25) is 4.79 Å². The van der Waals surface area contributed by atoms with E-state index < -0.39 is 36.9 Å². The van der Waals surface area contributed by atoms with E-state index in [1.807, 2.05) is 0 Å². The molecule has 9 heteroatoms. The molecule has 6 atom stereocenters. The number of halogens is 1. The van der Waals surface area contributed by atoms with Gasteiger partial charge in [-0.1, -0.05) is 23.7 Å². The number of amides is 1. The lowest BCUT2D eigenvalue weighted by Gasteiger charge is -2.47. The van der Waals surface area contributed by atoms with Gasteiger partial charge in [0.25, 0.3) is 0 Å². The van der Waals surface area contributed by atoms with E-state index in [0.29, 0.717) is 16.5 Å². The highest BCUT2D eigenvalue weighted by molar-refractivity contribution is 6.32. The molecule has 150 valence electrons. The number of aliphatic hydroxyl groups excluding tert-OH is 1. The largest absolute Gasteiger partial charge is 0.464 e. The van der Waals surface area contributed by atoms with Crippen LogP contribution in [-0.2, 0) is 19.0 Å². The van der Waals surface area contributed by atoms with Gasteiger partial charge in [-0.2, -0.15) is 0 Å². The van der Waals surface area contributed by atoms with Crippen LogP contribution in [-0.4, -0.2) is 48.3 Å². The highest BCUT2D eigenvalue weighted by Gasteiger charge is 2.51. The Morgan fingerprint density at radius 1 is 1.25 bits per heavy atom. The van der Waals surface area contributed by atoms with Crippen LogP contribution in [0.2, 0.25) is 5.02 Å². The summed E-state index contributed by atoms with van der Waals surface area (Å²) in [6.45, 7) is 1.50. The fraction of sp³-hybridized carbons (Fsp3) is 0.421. The first-order valence-corrected chi connectivity index (χ1v) is 9.23. The molecule has 3 heterocycles. The minimum absolute atomic E-state index is 0.155. The topological polar surface area (TPSA) is 99.4 Å². The molecule has 8 nitrogen and oxygen atoms in total. The van der Waals surface area contributed by atoms with Crippen LogP contribution in [0, 0.1) is 0 Å². The molecule has 0 aliphatic carbocycles. The second-order valence-electron chi connectivity index (χ2n) is 6.59. The van der Waals surface area contributed by atoms with Gasteiger partial charge in [0.2, 0.25) is 18.5 Å². The van der Waals surface area contributed by atoms with Crippen molar-refractivity contribution < 1.29 is 33.3 Å². The van der Waals surface area contributed by atoms with Gasteiger partial charge in [-0.25, -0.2) is 0 Å². The molecule has 1 amide bonds. The lowest BCUT2D eigenvalue weighted by molar-refractivity contribution is -0.336. The quantitative estimate of drug-likeness (QED) is 0.796. The summed E-state index contributed by atoms with van der Waals surface area (Å²) in [5.74, 6) is 0.519. The second kappa shape index (κ2) is 8.10. The number of rotatable bonds is 4. The summed E-state index contributed by atoms with van der Waals surface area (Å²) in [6, 6.07) is 9.45. The first-order chi connectivity index (χ1) is 13.5. The summed E-state index contributed by atoms with van der Waals surface area (Å²) in [5, 5.41) is 14.0. The Labute approximate surface area is 166 Å². The van der Waals surface area contributed by atoms with Crippen molar-refractivity contribution in [1.29, 1.82) is 0 Å². The van der Waals surface area contributed by atoms with E-state index in [1.165, 1.54) is 13.2 Å². The summed E-state index contributed by atoms with van der Waals surface area (Å²) in [5.41, 5.74) is 0. The third-order valence-electron chi connectivity index (χ3n) is 4.59. The summed E-state index contributed by atoms with van der Waals surface area (Å²) >= 11 is 6.16. The lowest BCUT2D eigenvalue weighted by atomic mass is 9.96. The van der Waals surface area contributed by atoms with Crippen molar-refractivity contribution >= 4 is 17.5 Å². The molecule has 2 saturated heterocycles. The van der Waals surface area contributed by atoms with E-state index in [9.17, 15) is 9.90 Å². The van der Waals surface area contributed by atoms with Crippen molar-refractivity contribution in [3.05, 3.63) is 53.4 Å². The number of benzene rings is 1. The number of hydrogen-bond donors (Lipinski definition) is 2. The molecule has 0 saturated carbocycles. The zero-order valence-corrected chi connectivity index (χ0v) is 15.7. The SMILES string of the molecule is CC(=O)N[C@@H]1[C@@H](Oc2ccccc2Cl)O[C@H]2CO[C@H](c3ccco3)O[C@H]2[C@@H]1O. The molecular formula is C19H20ClNO7. The average Bonchev–Trinajstić information content (AvgIpc) is 3.21. The average molecular weight is 410 g/mol. The van der Waals surface area contributed by atoms with Crippen LogP contribution in [0.1, 0.15) is 19.0 Å². The summed E-state index contributed by atoms with van der Waals surface area (Å²) in [7, 11) is 0. The number of furan rings is 1. The summed E-state index contributed by atoms with van der Waals surface area (Å²) < 4.78 is 28.6. The van der Waals surface area contributed by atoms with E-state index in [0.717, 1.165) is 0 Å². The van der Waals surface area contributed by atoms with Crippen LogP contribution in [0.3, 0.4) is 0 Å². The highest BCUT2D eigenvalue weighted by atomic mass is 35.5. The van der Waals surface area contributed by atoms with Crippen molar-refractivity contribution in [2.75, 3.05) is 6.61 Å². The van der Waals surface area contributed by atoms with Crippen molar-refractivity contribution in [2.24, 2.45) is 0 Å². The molecule has 28 heavy (non-hydrogen) atoms. The maximum absolute atomic E-state index is 11.7. The Morgan fingerprint density at radius 2 is 2.07 bits per heavy atom. The minimum atomic E-state index is -1.10. The van der Waals surface area contributed by atoms with Gasteiger partial charge in [0, 0.05) is 6.92 Å². The van der Waals surface area contributed by atoms with Crippen LogP contribution in [0.15, 0.2) is 47.1 Å². The van der Waals surface area contributed by atoms with Crippen molar-refractivity contribution in [1.82, 2.24) is 5.32 Å². The number of nitrogens with one attached hydrogen (secondary N) is 1. The standard InChI is InChI=1S/C19H20ClNO7/c1-10(22)21-15-16(23)17-14(9-25-18(28-17)13-7-4-8-24-13)27-19(15)26-12-6-3-2-5-11(12)20/h2-8,14-19,23H,9H2,1H3,(H,21,22)/t14-,15-,16+,17+,18-,19-/m0/s1. The van der Waals surface area contributed by atoms with Gasteiger partial charge < -0.3 is 33.8 Å². The van der Waals surface area contributed by atoms with Gasteiger partial charge in [0.15, 0.2) is 5.76 Å². The predicted octanol–water partition coefficient (Wildman–Crippen LogP) is 2.02. The number of ether oxygens (including phenoxy) is 4. The van der Waals surface area contributed by atoms with E-state index in [4.69, 9.17) is 35.0 Å². The first-order valence-electron chi connectivity index (χ1n) is 8.85. The van der Waals surface area contributed by atoms with Gasteiger partial charge in [-0.05, 0) is 24.3 Å². The Hall–Kier alpha value is -2.10. The summed E-state index contributed by atoms with van der Waals surface area (Å²) in [4.78, 5) is 11.7. The van der Waals surface area contributed by atoms with E-state index in [-0.39, 0.29) is 12.5 Å². The van der Waals surface area contributed by atoms with Crippen molar-refractivity contribution in [2.45, 2.75) is 43.9 Å². The maximum atomic E-state index is 11.7. The molecule has 0 unspecified atom stereocenters. The maximum Gasteiger partial charge on any atom is 0.223 e. The molecule has 4 rings (SSSR count). The van der Waals surface area contributed by atoms with Crippen molar-refractivity contribution in [3.63, 3.8) is 0 Å². The first kappa shape index (κ1) is 19.2. The van der Waals surface area contributed by atoms with Crippen LogP contribution in [0.4, 0.5) is 0 Å². The number of hydrogen-bond acceptors (Lipinski definition) is 7. The molecule has 2 aliphatic rings. The van der Waals surface area contributed by atoms with E-state index >= 15 is 0 Å². The molecule has 0 spiro atoms. The number of carbonyl (C=O) groups excluding carboxylic acids is 1. The van der Waals surface area contributed by atoms with Crippen LogP contribution < -0.4 is 10.1 Å². The number of fused-ring (bicyclic) bond motifs is 1. The molecule has 0 radical (unpaired) electrons. The summed E-state index contributed by atoms with van der Waals surface area (Å²) in [6.07, 6.45) is -2.68. The fourth-order valence-electron chi connectivity index (χ4n) is 3.32. The Bertz CT molecular complexity index is 814. The number of para-hydroxylation sites is 1. The van der Waals surface area contributed by atoms with Gasteiger partial charge in [-0.15, -0.1) is 0 Å². The van der Waals surface area contributed by atoms with E-state index in [1.54, 1.807) is 36.4 Å². The zero-order chi connectivity index (χ0) is 19.7. The molecule has 2 fully saturated rings. The Kier molecular flexibility index (Phi) is 5.56. The monoisotopic (exact) mass is 409 g/mol. The third-order valence-corrected chi connectivity index (χ3v) is 4.90. The number of carbonyl (C=O) groups is 1. The molecular weight excluding hydrogens is 390 g/mol. The fourth-order valence-corrected chi connectivity index (χ4v) is 3.50. The van der Waals surface area contributed by atoms with Crippen molar-refractivity contribution in [3.8, 4) is 5.75 Å².